The number of hydrogen-bond acceptors (Lipinski definition) is 3. The van der Waals surface area contributed by atoms with Gasteiger partial charge in [0.25, 0.3) is 0 Å². The molecular weight excluding hydrogens is 393 g/mol. The minimum atomic E-state index is -0.319. The van der Waals surface area contributed by atoms with Crippen LogP contribution >= 0.6 is 0 Å². The summed E-state index contributed by atoms with van der Waals surface area (Å²) in [6.45, 7) is 3.35. The van der Waals surface area contributed by atoms with E-state index in [4.69, 9.17) is 4.74 Å². The SMILES string of the molecule is CN=C(NCCCc1nc2ccccc2[nH]1)NC(C)c1ccc(OCC2CC2)c(F)c1. The molecule has 0 aliphatic heterocycles. The van der Waals surface area contributed by atoms with Crippen LogP contribution in [0.5, 0.6) is 5.75 Å². The summed E-state index contributed by atoms with van der Waals surface area (Å²) in [6, 6.07) is 13.1. The van der Waals surface area contributed by atoms with E-state index in [-0.39, 0.29) is 11.9 Å². The van der Waals surface area contributed by atoms with Crippen molar-refractivity contribution in [3.63, 3.8) is 0 Å². The molecule has 6 nitrogen and oxygen atoms in total. The lowest BCUT2D eigenvalue weighted by atomic mass is 10.1. The summed E-state index contributed by atoms with van der Waals surface area (Å²) < 4.78 is 20.0. The second-order valence-corrected chi connectivity index (χ2v) is 8.11. The number of benzene rings is 2. The lowest BCUT2D eigenvalue weighted by Gasteiger charge is -2.19. The number of aryl methyl sites for hydroxylation is 1. The molecule has 1 fully saturated rings. The molecule has 1 aliphatic carbocycles. The highest BCUT2D eigenvalue weighted by molar-refractivity contribution is 5.80. The van der Waals surface area contributed by atoms with Gasteiger partial charge in [-0.15, -0.1) is 0 Å². The van der Waals surface area contributed by atoms with Crippen molar-refractivity contribution in [3.8, 4) is 5.75 Å². The summed E-state index contributed by atoms with van der Waals surface area (Å²) in [5.41, 5.74) is 2.90. The number of fused-ring (bicyclic) bond motifs is 1. The molecule has 1 atom stereocenters. The number of halogens is 1. The number of hydrogen-bond donors (Lipinski definition) is 3. The maximum Gasteiger partial charge on any atom is 0.191 e. The summed E-state index contributed by atoms with van der Waals surface area (Å²) in [5.74, 6) is 2.28. The average molecular weight is 424 g/mol. The van der Waals surface area contributed by atoms with Gasteiger partial charge < -0.3 is 20.4 Å². The third-order valence-electron chi connectivity index (χ3n) is 5.53. The highest BCUT2D eigenvalue weighted by atomic mass is 19.1. The maximum atomic E-state index is 14.4. The molecule has 7 heteroatoms. The van der Waals surface area contributed by atoms with E-state index >= 15 is 0 Å². The first-order chi connectivity index (χ1) is 15.1. The topological polar surface area (TPSA) is 74.3 Å². The van der Waals surface area contributed by atoms with Crippen LogP contribution in [0.1, 0.15) is 43.6 Å². The predicted molar refractivity (Wildman–Crippen MR) is 122 cm³/mol. The largest absolute Gasteiger partial charge is 0.490 e. The molecule has 1 unspecified atom stereocenters. The van der Waals surface area contributed by atoms with Crippen LogP contribution in [0.25, 0.3) is 11.0 Å². The van der Waals surface area contributed by atoms with Crippen LogP contribution in [0.3, 0.4) is 0 Å². The van der Waals surface area contributed by atoms with Crippen molar-refractivity contribution in [3.05, 3.63) is 59.7 Å². The van der Waals surface area contributed by atoms with E-state index in [1.165, 1.54) is 18.9 Å². The van der Waals surface area contributed by atoms with Crippen LogP contribution in [0.15, 0.2) is 47.5 Å². The second-order valence-electron chi connectivity index (χ2n) is 8.11. The quantitative estimate of drug-likeness (QED) is 0.272. The first kappa shape index (κ1) is 21.2. The number of para-hydroxylation sites is 2. The number of nitrogens with one attached hydrogen (secondary N) is 3. The van der Waals surface area contributed by atoms with Gasteiger partial charge >= 0.3 is 0 Å². The summed E-state index contributed by atoms with van der Waals surface area (Å²) in [7, 11) is 1.73. The Bertz CT molecular complexity index is 1010. The summed E-state index contributed by atoms with van der Waals surface area (Å²) in [4.78, 5) is 12.2. The Balaban J connectivity index is 1.23. The molecule has 31 heavy (non-hydrogen) atoms. The van der Waals surface area contributed by atoms with Gasteiger partial charge in [0.1, 0.15) is 5.82 Å². The van der Waals surface area contributed by atoms with Crippen LogP contribution in [0, 0.1) is 11.7 Å². The smallest absolute Gasteiger partial charge is 0.191 e. The van der Waals surface area contributed by atoms with E-state index in [0.29, 0.717) is 24.2 Å². The first-order valence-corrected chi connectivity index (χ1v) is 11.0. The van der Waals surface area contributed by atoms with Crippen LogP contribution in [0.4, 0.5) is 4.39 Å². The van der Waals surface area contributed by atoms with Gasteiger partial charge in [-0.1, -0.05) is 18.2 Å². The number of ether oxygens (including phenoxy) is 1. The summed E-state index contributed by atoms with van der Waals surface area (Å²) in [5, 5.41) is 6.64. The molecule has 0 spiro atoms. The zero-order valence-electron chi connectivity index (χ0n) is 18.1. The van der Waals surface area contributed by atoms with Crippen molar-refractivity contribution in [2.24, 2.45) is 10.9 Å². The molecule has 1 aliphatic rings. The standard InChI is InChI=1S/C24H30FN5O/c1-16(18-11-12-22(19(25)14-18)31-15-17-9-10-17)28-24(26-2)27-13-5-8-23-29-20-6-3-4-7-21(20)30-23/h3-4,6-7,11-12,14,16-17H,5,8-10,13,15H2,1-2H3,(H,29,30)(H2,26,27,28). The second kappa shape index (κ2) is 9.81. The van der Waals surface area contributed by atoms with E-state index in [9.17, 15) is 4.39 Å². The molecule has 0 bridgehead atoms. The monoisotopic (exact) mass is 423 g/mol. The Labute approximate surface area is 182 Å². The van der Waals surface area contributed by atoms with Crippen molar-refractivity contribution in [2.45, 2.75) is 38.6 Å². The maximum absolute atomic E-state index is 14.4. The summed E-state index contributed by atoms with van der Waals surface area (Å²) in [6.07, 6.45) is 4.13. The van der Waals surface area contributed by atoms with Crippen molar-refractivity contribution < 1.29 is 9.13 Å². The fraction of sp³-hybridized carbons (Fsp3) is 0.417. The number of aliphatic imine (C=N–C) groups is 1. The van der Waals surface area contributed by atoms with Gasteiger partial charge in [0.2, 0.25) is 0 Å². The number of nitrogens with zero attached hydrogens (tertiary/aromatic N) is 2. The van der Waals surface area contributed by atoms with Gasteiger partial charge in [0, 0.05) is 20.0 Å². The van der Waals surface area contributed by atoms with Gasteiger partial charge in [-0.05, 0) is 61.9 Å². The molecule has 3 N–H and O–H groups in total. The van der Waals surface area contributed by atoms with Gasteiger partial charge in [0.05, 0.1) is 23.7 Å². The van der Waals surface area contributed by atoms with Crippen LogP contribution in [-0.4, -0.2) is 36.1 Å². The van der Waals surface area contributed by atoms with Crippen LogP contribution in [-0.2, 0) is 6.42 Å². The van der Waals surface area contributed by atoms with E-state index in [2.05, 4.69) is 25.6 Å². The highest BCUT2D eigenvalue weighted by Crippen LogP contribution is 2.30. The van der Waals surface area contributed by atoms with Crippen LogP contribution in [0.2, 0.25) is 0 Å². The normalized spacial score (nSPS) is 15.1. The van der Waals surface area contributed by atoms with Gasteiger partial charge in [-0.2, -0.15) is 0 Å². The van der Waals surface area contributed by atoms with E-state index in [0.717, 1.165) is 41.8 Å². The number of rotatable bonds is 9. The third kappa shape index (κ3) is 5.75. The van der Waals surface area contributed by atoms with Crippen molar-refractivity contribution in [2.75, 3.05) is 20.2 Å². The van der Waals surface area contributed by atoms with Crippen molar-refractivity contribution >= 4 is 17.0 Å². The predicted octanol–water partition coefficient (Wildman–Crippen LogP) is 4.35. The van der Waals surface area contributed by atoms with Crippen molar-refractivity contribution in [1.82, 2.24) is 20.6 Å². The lowest BCUT2D eigenvalue weighted by molar-refractivity contribution is 0.285. The van der Waals surface area contributed by atoms with Gasteiger partial charge in [-0.25, -0.2) is 9.37 Å². The van der Waals surface area contributed by atoms with E-state index in [1.807, 2.05) is 37.3 Å². The molecule has 1 aromatic heterocycles. The fourth-order valence-electron chi connectivity index (χ4n) is 3.47. The Morgan fingerprint density at radius 3 is 2.87 bits per heavy atom. The number of H-pyrrole nitrogens is 1. The first-order valence-electron chi connectivity index (χ1n) is 11.0. The minimum Gasteiger partial charge on any atom is -0.490 e. The van der Waals surface area contributed by atoms with E-state index in [1.54, 1.807) is 13.1 Å². The van der Waals surface area contributed by atoms with Crippen LogP contribution < -0.4 is 15.4 Å². The number of imidazole rings is 1. The van der Waals surface area contributed by atoms with E-state index < -0.39 is 0 Å². The summed E-state index contributed by atoms with van der Waals surface area (Å²) >= 11 is 0. The average Bonchev–Trinajstić information content (AvgIpc) is 3.51. The Morgan fingerprint density at radius 2 is 2.13 bits per heavy atom. The number of aromatic amines is 1. The molecule has 0 amide bonds. The molecule has 3 aromatic rings. The zero-order valence-corrected chi connectivity index (χ0v) is 18.1. The highest BCUT2D eigenvalue weighted by Gasteiger charge is 2.22. The third-order valence-corrected chi connectivity index (χ3v) is 5.53. The zero-order chi connectivity index (χ0) is 21.6. The van der Waals surface area contributed by atoms with Gasteiger partial charge in [-0.3, -0.25) is 4.99 Å². The molecule has 1 heterocycles. The number of aromatic nitrogens is 2. The van der Waals surface area contributed by atoms with Crippen molar-refractivity contribution in [1.29, 1.82) is 0 Å². The molecule has 0 saturated heterocycles. The molecule has 4 rings (SSSR count). The molecule has 164 valence electrons. The number of guanidine groups is 1. The minimum absolute atomic E-state index is 0.0893. The fourth-order valence-corrected chi connectivity index (χ4v) is 3.47. The molecular formula is C24H30FN5O. The Kier molecular flexibility index (Phi) is 6.70. The molecule has 0 radical (unpaired) electrons. The lowest BCUT2D eigenvalue weighted by Crippen LogP contribution is -2.39. The Hall–Kier alpha value is -3.09. The molecule has 1 saturated carbocycles. The molecule has 2 aromatic carbocycles. The Morgan fingerprint density at radius 1 is 1.29 bits per heavy atom. The van der Waals surface area contributed by atoms with Gasteiger partial charge in [0.15, 0.2) is 17.5 Å².